The van der Waals surface area contributed by atoms with Crippen LogP contribution in [0.4, 0.5) is 5.69 Å². The molecule has 0 aliphatic carbocycles. The van der Waals surface area contributed by atoms with Gasteiger partial charge >= 0.3 is 0 Å². The van der Waals surface area contributed by atoms with Crippen LogP contribution in [0.5, 0.6) is 0 Å². The molecule has 0 atom stereocenters. The van der Waals surface area contributed by atoms with Crippen molar-refractivity contribution in [3.05, 3.63) is 71.4 Å². The van der Waals surface area contributed by atoms with Gasteiger partial charge < -0.3 is 0 Å². The number of rotatable bonds is 1. The van der Waals surface area contributed by atoms with Crippen molar-refractivity contribution < 1.29 is 0 Å². The van der Waals surface area contributed by atoms with Crippen molar-refractivity contribution in [2.45, 2.75) is 6.92 Å². The molecule has 3 rings (SSSR count). The largest absolute Gasteiger partial charge is 0.256 e. The molecule has 1 heterocycles. The van der Waals surface area contributed by atoms with Gasteiger partial charge in [0, 0.05) is 17.3 Å². The average Bonchev–Trinajstić information content (AvgIpc) is 2.73. The Bertz CT molecular complexity index is 553. The van der Waals surface area contributed by atoms with Crippen molar-refractivity contribution in [1.82, 2.24) is 5.32 Å². The zero-order valence-corrected chi connectivity index (χ0v) is 9.14. The van der Waals surface area contributed by atoms with Gasteiger partial charge in [-0.2, -0.15) is 0 Å². The smallest absolute Gasteiger partial charge is 0.0709 e. The molecule has 0 fully saturated rings. The number of aryl methyl sites for hydroxylation is 1. The average molecular weight is 206 g/mol. The van der Waals surface area contributed by atoms with E-state index in [1.165, 1.54) is 22.3 Å². The number of benzene rings is 2. The van der Waals surface area contributed by atoms with Crippen LogP contribution in [0.3, 0.4) is 0 Å². The van der Waals surface area contributed by atoms with Gasteiger partial charge in [0.25, 0.3) is 0 Å². The van der Waals surface area contributed by atoms with Gasteiger partial charge in [0.15, 0.2) is 0 Å². The summed E-state index contributed by atoms with van der Waals surface area (Å²) < 4.78 is 0. The molecule has 0 amide bonds. The Morgan fingerprint density at radius 3 is 2.56 bits per heavy atom. The van der Waals surface area contributed by atoms with Gasteiger partial charge in [0.1, 0.15) is 0 Å². The van der Waals surface area contributed by atoms with E-state index in [4.69, 9.17) is 0 Å². The van der Waals surface area contributed by atoms with Crippen LogP contribution in [0, 0.1) is 6.92 Å². The normalized spacial score (nSPS) is 12.9. The minimum Gasteiger partial charge on any atom is -0.256 e. The van der Waals surface area contributed by atoms with Gasteiger partial charge in [-0.3, -0.25) is 5.32 Å². The summed E-state index contributed by atoms with van der Waals surface area (Å²) in [7, 11) is 0. The second-order valence-electron chi connectivity index (χ2n) is 4.06. The Labute approximate surface area is 95.4 Å². The van der Waals surface area contributed by atoms with E-state index in [1.807, 2.05) is 12.3 Å². The van der Waals surface area contributed by atoms with Crippen LogP contribution in [0.15, 0.2) is 54.7 Å². The molecule has 1 nitrogen and oxygen atoms in total. The molecule has 1 aliphatic rings. The molecule has 0 aromatic heterocycles. The highest BCUT2D eigenvalue weighted by atomic mass is 14.9. The molecule has 0 unspecified atom stereocenters. The third-order valence-electron chi connectivity index (χ3n) is 2.86. The molecule has 1 aliphatic heterocycles. The summed E-state index contributed by atoms with van der Waals surface area (Å²) in [5, 5.41) is 4.44. The molecule has 2 aromatic carbocycles. The van der Waals surface area contributed by atoms with Crippen molar-refractivity contribution in [1.29, 1.82) is 0 Å². The predicted molar refractivity (Wildman–Crippen MR) is 66.5 cm³/mol. The summed E-state index contributed by atoms with van der Waals surface area (Å²) in [6.45, 7) is 2.11. The molecule has 0 bridgehead atoms. The lowest BCUT2D eigenvalue weighted by Crippen LogP contribution is -1.85. The van der Waals surface area contributed by atoms with Crippen LogP contribution >= 0.6 is 0 Å². The molecule has 1 heteroatoms. The summed E-state index contributed by atoms with van der Waals surface area (Å²) in [4.78, 5) is 0. The number of fused-ring (bicyclic) bond motifs is 1. The molecule has 16 heavy (non-hydrogen) atoms. The van der Waals surface area contributed by atoms with Crippen LogP contribution in [0.2, 0.25) is 0 Å². The summed E-state index contributed by atoms with van der Waals surface area (Å²) in [6.07, 6.45) is 1.96. The van der Waals surface area contributed by atoms with E-state index in [-0.39, 0.29) is 0 Å². The van der Waals surface area contributed by atoms with E-state index < -0.39 is 0 Å². The van der Waals surface area contributed by atoms with Crippen molar-refractivity contribution in [2.75, 3.05) is 0 Å². The van der Waals surface area contributed by atoms with Gasteiger partial charge in [-0.25, -0.2) is 0 Å². The van der Waals surface area contributed by atoms with Gasteiger partial charge in [-0.15, -0.1) is 0 Å². The second kappa shape index (κ2) is 3.53. The number of hydrogen-bond donors (Lipinski definition) is 0. The van der Waals surface area contributed by atoms with Crippen molar-refractivity contribution in [3.8, 4) is 0 Å². The Kier molecular flexibility index (Phi) is 2.03. The highest BCUT2D eigenvalue weighted by Gasteiger charge is 2.16. The van der Waals surface area contributed by atoms with Gasteiger partial charge in [0.2, 0.25) is 0 Å². The Morgan fingerprint density at radius 1 is 0.938 bits per heavy atom. The maximum absolute atomic E-state index is 4.44. The minimum atomic E-state index is 1.07. The Hall–Kier alpha value is -2.02. The van der Waals surface area contributed by atoms with Crippen molar-refractivity contribution >= 4 is 11.3 Å². The summed E-state index contributed by atoms with van der Waals surface area (Å²) in [5.74, 6) is 0. The highest BCUT2D eigenvalue weighted by Crippen LogP contribution is 2.34. The quantitative estimate of drug-likeness (QED) is 0.676. The number of nitrogens with zero attached hydrogens (tertiary/aromatic N) is 1. The zero-order chi connectivity index (χ0) is 11.0. The monoisotopic (exact) mass is 206 g/mol. The molecule has 2 aromatic rings. The molecular formula is C15H12N. The van der Waals surface area contributed by atoms with Gasteiger partial charge in [0.05, 0.1) is 5.69 Å². The fraction of sp³-hybridized carbons (Fsp3) is 0.0667. The van der Waals surface area contributed by atoms with E-state index >= 15 is 0 Å². The van der Waals surface area contributed by atoms with Crippen LogP contribution in [-0.2, 0) is 0 Å². The van der Waals surface area contributed by atoms with Crippen LogP contribution in [0.25, 0.3) is 5.57 Å². The fourth-order valence-corrected chi connectivity index (χ4v) is 2.03. The highest BCUT2D eigenvalue weighted by molar-refractivity contribution is 5.88. The SMILES string of the molecule is Cc1ccc2c(c1)C(c1ccccc1)=C[N]2. The van der Waals surface area contributed by atoms with Gasteiger partial charge in [-0.1, -0.05) is 42.0 Å². The van der Waals surface area contributed by atoms with Crippen molar-refractivity contribution in [2.24, 2.45) is 0 Å². The molecule has 77 valence electrons. The summed E-state index contributed by atoms with van der Waals surface area (Å²) >= 11 is 0. The Balaban J connectivity index is 2.12. The lowest BCUT2D eigenvalue weighted by molar-refractivity contribution is 1.21. The molecular weight excluding hydrogens is 194 g/mol. The lowest BCUT2D eigenvalue weighted by Gasteiger charge is -2.05. The van der Waals surface area contributed by atoms with Crippen LogP contribution in [-0.4, -0.2) is 0 Å². The topological polar surface area (TPSA) is 14.1 Å². The Morgan fingerprint density at radius 2 is 1.75 bits per heavy atom. The van der Waals surface area contributed by atoms with E-state index in [0.29, 0.717) is 0 Å². The van der Waals surface area contributed by atoms with E-state index in [1.54, 1.807) is 0 Å². The van der Waals surface area contributed by atoms with Crippen LogP contribution < -0.4 is 5.32 Å². The summed E-state index contributed by atoms with van der Waals surface area (Å²) in [6, 6.07) is 16.8. The molecule has 1 radical (unpaired) electrons. The molecule has 0 saturated carbocycles. The molecule has 0 N–H and O–H groups in total. The van der Waals surface area contributed by atoms with E-state index in [2.05, 4.69) is 54.7 Å². The maximum atomic E-state index is 4.44. The second-order valence-corrected chi connectivity index (χ2v) is 4.06. The maximum Gasteiger partial charge on any atom is 0.0709 e. The number of hydrogen-bond acceptors (Lipinski definition) is 0. The molecule has 0 saturated heterocycles. The first kappa shape index (κ1) is 9.22. The third-order valence-corrected chi connectivity index (χ3v) is 2.86. The third kappa shape index (κ3) is 1.41. The minimum absolute atomic E-state index is 1.07. The summed E-state index contributed by atoms with van der Waals surface area (Å²) in [5.41, 5.74) is 6.04. The van der Waals surface area contributed by atoms with Crippen LogP contribution in [0.1, 0.15) is 16.7 Å². The first-order valence-corrected chi connectivity index (χ1v) is 5.42. The van der Waals surface area contributed by atoms with Gasteiger partial charge in [-0.05, 0) is 24.6 Å². The predicted octanol–water partition coefficient (Wildman–Crippen LogP) is 3.63. The first-order chi connectivity index (χ1) is 7.84. The lowest BCUT2D eigenvalue weighted by atomic mass is 9.98. The van der Waals surface area contributed by atoms with E-state index in [0.717, 1.165) is 5.69 Å². The van der Waals surface area contributed by atoms with E-state index in [9.17, 15) is 0 Å². The fourth-order valence-electron chi connectivity index (χ4n) is 2.03. The zero-order valence-electron chi connectivity index (χ0n) is 9.14. The van der Waals surface area contributed by atoms with Crippen molar-refractivity contribution in [3.63, 3.8) is 0 Å². The standard InChI is InChI=1S/C15H12N/c1-11-7-8-15-13(9-11)14(10-16-15)12-5-3-2-4-6-12/h2-10H,1H3. The first-order valence-electron chi connectivity index (χ1n) is 5.42. The molecule has 0 spiro atoms.